The minimum atomic E-state index is -4.44. The average molecular weight is 414 g/mol. The lowest BCUT2D eigenvalue weighted by Crippen LogP contribution is -2.10. The van der Waals surface area contributed by atoms with Crippen LogP contribution in [0.4, 0.5) is 13.2 Å². The molecule has 1 heterocycles. The molecule has 0 N–H and O–H groups in total. The van der Waals surface area contributed by atoms with E-state index in [0.29, 0.717) is 16.9 Å². The zero-order valence-electron chi connectivity index (χ0n) is 11.2. The molecule has 0 spiro atoms. The Morgan fingerprint density at radius 3 is 2.23 bits per heavy atom. The summed E-state index contributed by atoms with van der Waals surface area (Å²) in [6.07, 6.45) is -2.29. The summed E-state index contributed by atoms with van der Waals surface area (Å²) in [6.45, 7) is 0. The van der Waals surface area contributed by atoms with Crippen LogP contribution in [-0.4, -0.2) is 6.18 Å². The third kappa shape index (κ3) is 3.19. The molecule has 0 fully saturated rings. The van der Waals surface area contributed by atoms with Crippen LogP contribution >= 0.6 is 22.6 Å². The normalized spacial score (nSPS) is 14.4. The highest BCUT2D eigenvalue weighted by molar-refractivity contribution is 14.1. The van der Waals surface area contributed by atoms with E-state index in [0.717, 1.165) is 15.7 Å². The van der Waals surface area contributed by atoms with E-state index in [9.17, 15) is 13.2 Å². The van der Waals surface area contributed by atoms with Crippen LogP contribution in [0.5, 0.6) is 5.75 Å². The molecule has 2 aromatic carbocycles. The van der Waals surface area contributed by atoms with Crippen molar-refractivity contribution in [2.45, 2.75) is 6.18 Å². The number of hydrogen-bond donors (Lipinski definition) is 0. The van der Waals surface area contributed by atoms with Crippen molar-refractivity contribution in [2.75, 3.05) is 0 Å². The quantitative estimate of drug-likeness (QED) is 0.547. The Hall–Kier alpha value is -1.76. The molecule has 3 rings (SSSR count). The van der Waals surface area contributed by atoms with E-state index in [-0.39, 0.29) is 5.76 Å². The van der Waals surface area contributed by atoms with Gasteiger partial charge in [-0.2, -0.15) is 13.2 Å². The van der Waals surface area contributed by atoms with Gasteiger partial charge < -0.3 is 4.74 Å². The molecule has 0 aromatic heterocycles. The Balaban J connectivity index is 2.13. The summed E-state index contributed by atoms with van der Waals surface area (Å²) < 4.78 is 46.3. The highest BCUT2D eigenvalue weighted by Gasteiger charge is 2.34. The maximum atomic E-state index is 13.2. The first-order valence-corrected chi connectivity index (χ1v) is 7.55. The molecule has 1 nitrogen and oxygen atoms in total. The number of ether oxygens (including phenoxy) is 1. The van der Waals surface area contributed by atoms with Gasteiger partial charge in [-0.15, -0.1) is 0 Å². The van der Waals surface area contributed by atoms with Gasteiger partial charge >= 0.3 is 6.18 Å². The summed E-state index contributed by atoms with van der Waals surface area (Å²) in [7, 11) is 0. The fraction of sp³-hybridized carbons (Fsp3) is 0.0588. The van der Waals surface area contributed by atoms with Crippen molar-refractivity contribution >= 4 is 34.4 Å². The van der Waals surface area contributed by atoms with Crippen molar-refractivity contribution in [2.24, 2.45) is 0 Å². The van der Waals surface area contributed by atoms with Crippen LogP contribution in [0.3, 0.4) is 0 Å². The van der Waals surface area contributed by atoms with Crippen molar-refractivity contribution in [1.82, 2.24) is 0 Å². The van der Waals surface area contributed by atoms with Gasteiger partial charge in [0.2, 0.25) is 0 Å². The number of allylic oxidation sites excluding steroid dienone is 2. The average Bonchev–Trinajstić information content (AvgIpc) is 2.67. The molecule has 2 aromatic rings. The van der Waals surface area contributed by atoms with Crippen molar-refractivity contribution in [3.05, 3.63) is 74.9 Å². The Kier molecular flexibility index (Phi) is 3.99. The second-order valence-electron chi connectivity index (χ2n) is 4.75. The van der Waals surface area contributed by atoms with Crippen LogP contribution in [0.1, 0.15) is 11.1 Å². The maximum absolute atomic E-state index is 13.2. The number of rotatable bonds is 1. The number of para-hydroxylation sites is 1. The van der Waals surface area contributed by atoms with Crippen LogP contribution in [0.25, 0.3) is 11.8 Å². The topological polar surface area (TPSA) is 9.23 Å². The second kappa shape index (κ2) is 5.79. The van der Waals surface area contributed by atoms with Crippen LogP contribution in [0, 0.1) is 3.57 Å². The molecule has 0 aliphatic carbocycles. The van der Waals surface area contributed by atoms with Crippen molar-refractivity contribution in [3.63, 3.8) is 0 Å². The summed E-state index contributed by atoms with van der Waals surface area (Å²) >= 11 is 2.14. The minimum Gasteiger partial charge on any atom is -0.456 e. The summed E-state index contributed by atoms with van der Waals surface area (Å²) in [5.41, 5.74) is 0.282. The van der Waals surface area contributed by atoms with Gasteiger partial charge in [-0.3, -0.25) is 0 Å². The molecular weight excluding hydrogens is 404 g/mol. The molecule has 1 aliphatic rings. The van der Waals surface area contributed by atoms with Gasteiger partial charge in [0, 0.05) is 14.7 Å². The lowest BCUT2D eigenvalue weighted by molar-refractivity contribution is -0.0872. The first-order chi connectivity index (χ1) is 10.4. The molecule has 0 atom stereocenters. The Morgan fingerprint density at radius 1 is 0.864 bits per heavy atom. The van der Waals surface area contributed by atoms with Gasteiger partial charge in [0.1, 0.15) is 11.5 Å². The molecule has 0 unspecified atom stereocenters. The molecular formula is C17H10F3IO. The predicted molar refractivity (Wildman–Crippen MR) is 88.2 cm³/mol. The SMILES string of the molecule is FC(F)(F)C1=Cc2ccccc2OC(c2ccc(I)cc2)=C1. The highest BCUT2D eigenvalue weighted by atomic mass is 127. The first-order valence-electron chi connectivity index (χ1n) is 6.47. The molecule has 0 saturated carbocycles. The van der Waals surface area contributed by atoms with E-state index < -0.39 is 11.7 Å². The van der Waals surface area contributed by atoms with Crippen LogP contribution in [-0.2, 0) is 0 Å². The van der Waals surface area contributed by atoms with Gasteiger partial charge in [-0.25, -0.2) is 0 Å². The largest absolute Gasteiger partial charge is 0.456 e. The fourth-order valence-electron chi connectivity index (χ4n) is 2.11. The van der Waals surface area contributed by atoms with Gasteiger partial charge in [0.25, 0.3) is 0 Å². The maximum Gasteiger partial charge on any atom is 0.416 e. The summed E-state index contributed by atoms with van der Waals surface area (Å²) in [5, 5.41) is 0. The van der Waals surface area contributed by atoms with Gasteiger partial charge in [-0.05, 0) is 52.9 Å². The Morgan fingerprint density at radius 2 is 1.55 bits per heavy atom. The molecule has 5 heteroatoms. The second-order valence-corrected chi connectivity index (χ2v) is 6.00. The molecule has 0 amide bonds. The third-order valence-corrected chi connectivity index (χ3v) is 3.91. The zero-order valence-corrected chi connectivity index (χ0v) is 13.4. The van der Waals surface area contributed by atoms with E-state index in [1.807, 2.05) is 12.1 Å². The number of benzene rings is 2. The summed E-state index contributed by atoms with van der Waals surface area (Å²) in [6, 6.07) is 13.8. The van der Waals surface area contributed by atoms with Crippen molar-refractivity contribution in [3.8, 4) is 5.75 Å². The molecule has 112 valence electrons. The Bertz CT molecular complexity index is 758. The molecule has 0 saturated heterocycles. The van der Waals surface area contributed by atoms with E-state index in [2.05, 4.69) is 22.6 Å². The number of alkyl halides is 3. The lowest BCUT2D eigenvalue weighted by Gasteiger charge is -2.11. The summed E-state index contributed by atoms with van der Waals surface area (Å²) in [4.78, 5) is 0. The number of fused-ring (bicyclic) bond motifs is 1. The number of halogens is 4. The van der Waals surface area contributed by atoms with Crippen LogP contribution < -0.4 is 4.74 Å². The highest BCUT2D eigenvalue weighted by Crippen LogP contribution is 2.37. The van der Waals surface area contributed by atoms with Crippen molar-refractivity contribution in [1.29, 1.82) is 0 Å². The Labute approximate surface area is 139 Å². The lowest BCUT2D eigenvalue weighted by atomic mass is 10.1. The van der Waals surface area contributed by atoms with Crippen molar-refractivity contribution < 1.29 is 17.9 Å². The van der Waals surface area contributed by atoms with Crippen LogP contribution in [0.2, 0.25) is 0 Å². The molecule has 0 bridgehead atoms. The van der Waals surface area contributed by atoms with Gasteiger partial charge in [-0.1, -0.05) is 30.3 Å². The zero-order chi connectivity index (χ0) is 15.7. The van der Waals surface area contributed by atoms with Gasteiger partial charge in [0.15, 0.2) is 0 Å². The predicted octanol–water partition coefficient (Wildman–Crippen LogP) is 5.67. The number of hydrogen-bond acceptors (Lipinski definition) is 1. The third-order valence-electron chi connectivity index (χ3n) is 3.19. The van der Waals surface area contributed by atoms with Crippen LogP contribution in [0.15, 0.2) is 60.2 Å². The van der Waals surface area contributed by atoms with E-state index >= 15 is 0 Å². The van der Waals surface area contributed by atoms with Gasteiger partial charge in [0.05, 0.1) is 5.57 Å². The standard InChI is InChI=1S/C17H10F3IO/c18-17(19,20)13-9-12-3-1-2-4-15(12)22-16(10-13)11-5-7-14(21)8-6-11/h1-10H. The summed E-state index contributed by atoms with van der Waals surface area (Å²) in [5.74, 6) is 0.594. The monoisotopic (exact) mass is 414 g/mol. The van der Waals surface area contributed by atoms with E-state index in [4.69, 9.17) is 4.74 Å². The first kappa shape index (κ1) is 15.1. The van der Waals surface area contributed by atoms with E-state index in [1.54, 1.807) is 36.4 Å². The molecule has 1 aliphatic heterocycles. The smallest absolute Gasteiger partial charge is 0.416 e. The molecule has 0 radical (unpaired) electrons. The van der Waals surface area contributed by atoms with E-state index in [1.165, 1.54) is 0 Å². The minimum absolute atomic E-state index is 0.185. The fourth-order valence-corrected chi connectivity index (χ4v) is 2.47. The molecule has 22 heavy (non-hydrogen) atoms.